The van der Waals surface area contributed by atoms with Crippen LogP contribution in [-0.4, -0.2) is 23.3 Å². The van der Waals surface area contributed by atoms with E-state index in [1.54, 1.807) is 12.5 Å². The first-order valence-electron chi connectivity index (χ1n) is 9.11. The number of aryl methyl sites for hydroxylation is 1. The Balaban J connectivity index is 1.48. The summed E-state index contributed by atoms with van der Waals surface area (Å²) >= 11 is 1.45. The Hall–Kier alpha value is -2.84. The van der Waals surface area contributed by atoms with E-state index in [0.717, 1.165) is 41.2 Å². The molecule has 0 saturated heterocycles. The van der Waals surface area contributed by atoms with Crippen LogP contribution >= 0.6 is 11.3 Å². The Morgan fingerprint density at radius 1 is 1.11 bits per heavy atom. The molecule has 0 fully saturated rings. The van der Waals surface area contributed by atoms with Crippen molar-refractivity contribution in [3.05, 3.63) is 64.3 Å². The number of carbonyl (C=O) groups excluding carboxylic acids is 2. The molecule has 3 heterocycles. The molecule has 4 rings (SSSR count). The number of amides is 2. The van der Waals surface area contributed by atoms with Gasteiger partial charge in [0, 0.05) is 4.88 Å². The van der Waals surface area contributed by atoms with E-state index >= 15 is 0 Å². The number of furan rings is 2. The van der Waals surface area contributed by atoms with Crippen LogP contribution < -0.4 is 11.1 Å². The Kier molecular flexibility index (Phi) is 5.31. The van der Waals surface area contributed by atoms with Gasteiger partial charge in [0.15, 0.2) is 0 Å². The van der Waals surface area contributed by atoms with Gasteiger partial charge in [0.05, 0.1) is 37.7 Å². The van der Waals surface area contributed by atoms with Crippen molar-refractivity contribution in [2.75, 3.05) is 11.9 Å². The van der Waals surface area contributed by atoms with E-state index in [1.807, 2.05) is 29.2 Å². The Morgan fingerprint density at radius 2 is 1.79 bits per heavy atom. The minimum absolute atomic E-state index is 0.127. The van der Waals surface area contributed by atoms with Crippen molar-refractivity contribution in [3.63, 3.8) is 0 Å². The quantitative estimate of drug-likeness (QED) is 0.606. The van der Waals surface area contributed by atoms with Gasteiger partial charge in [-0.1, -0.05) is 0 Å². The van der Waals surface area contributed by atoms with Gasteiger partial charge >= 0.3 is 0 Å². The van der Waals surface area contributed by atoms with Crippen LogP contribution in [0.3, 0.4) is 0 Å². The molecule has 0 spiro atoms. The third-order valence-electron chi connectivity index (χ3n) is 4.71. The summed E-state index contributed by atoms with van der Waals surface area (Å²) in [7, 11) is 0. The monoisotopic (exact) mass is 399 g/mol. The maximum absolute atomic E-state index is 12.7. The Labute approximate surface area is 166 Å². The van der Waals surface area contributed by atoms with Crippen molar-refractivity contribution >= 4 is 28.2 Å². The standard InChI is InChI=1S/C20H21N3O4S/c21-19(25)18-15-6-1-7-16(15)28-20(18)22-17(24)12-23(10-13-4-2-8-26-13)11-14-5-3-9-27-14/h2-5,8-9H,1,6-7,10-12H2,(H2,21,25)(H,22,24). The normalized spacial score (nSPS) is 13.0. The molecule has 0 atom stereocenters. The largest absolute Gasteiger partial charge is 0.468 e. The van der Waals surface area contributed by atoms with E-state index in [4.69, 9.17) is 14.6 Å². The highest BCUT2D eigenvalue weighted by atomic mass is 32.1. The van der Waals surface area contributed by atoms with E-state index in [1.165, 1.54) is 11.3 Å². The number of carbonyl (C=O) groups is 2. The molecule has 3 aromatic heterocycles. The van der Waals surface area contributed by atoms with Crippen LogP contribution in [0, 0.1) is 0 Å². The van der Waals surface area contributed by atoms with Crippen molar-refractivity contribution < 1.29 is 18.4 Å². The van der Waals surface area contributed by atoms with Crippen molar-refractivity contribution in [3.8, 4) is 0 Å². The lowest BCUT2D eigenvalue weighted by atomic mass is 10.1. The number of nitrogens with two attached hydrogens (primary N) is 1. The SMILES string of the molecule is NC(=O)c1c(NC(=O)CN(Cc2ccco2)Cc2ccco2)sc2c1CCC2. The van der Waals surface area contributed by atoms with Gasteiger partial charge in [-0.2, -0.15) is 0 Å². The molecule has 0 radical (unpaired) electrons. The average molecular weight is 399 g/mol. The zero-order valence-electron chi connectivity index (χ0n) is 15.3. The number of hydrogen-bond donors (Lipinski definition) is 2. The number of anilines is 1. The molecule has 146 valence electrons. The van der Waals surface area contributed by atoms with E-state index in [-0.39, 0.29) is 12.5 Å². The number of rotatable bonds is 8. The summed E-state index contributed by atoms with van der Waals surface area (Å²) in [6.07, 6.45) is 6.00. The van der Waals surface area contributed by atoms with Crippen molar-refractivity contribution in [1.29, 1.82) is 0 Å². The summed E-state index contributed by atoms with van der Waals surface area (Å²) in [5.74, 6) is 0.817. The molecular weight excluding hydrogens is 378 g/mol. The number of nitrogens with zero attached hydrogens (tertiary/aromatic N) is 1. The summed E-state index contributed by atoms with van der Waals surface area (Å²) in [5, 5.41) is 3.44. The lowest BCUT2D eigenvalue weighted by molar-refractivity contribution is -0.117. The van der Waals surface area contributed by atoms with Crippen LogP contribution in [0.25, 0.3) is 0 Å². The van der Waals surface area contributed by atoms with Gasteiger partial charge in [0.25, 0.3) is 5.91 Å². The van der Waals surface area contributed by atoms with Crippen LogP contribution in [-0.2, 0) is 30.7 Å². The zero-order valence-corrected chi connectivity index (χ0v) is 16.1. The van der Waals surface area contributed by atoms with Crippen LogP contribution in [0.1, 0.15) is 38.7 Å². The number of fused-ring (bicyclic) bond motifs is 1. The number of hydrogen-bond acceptors (Lipinski definition) is 6. The smallest absolute Gasteiger partial charge is 0.251 e. The third-order valence-corrected chi connectivity index (χ3v) is 5.91. The number of nitrogens with one attached hydrogen (secondary N) is 1. The highest BCUT2D eigenvalue weighted by Gasteiger charge is 2.26. The molecule has 0 bridgehead atoms. The summed E-state index contributed by atoms with van der Waals surface area (Å²) < 4.78 is 10.8. The minimum Gasteiger partial charge on any atom is -0.468 e. The van der Waals surface area contributed by atoms with Crippen molar-refractivity contribution in [2.45, 2.75) is 32.4 Å². The highest BCUT2D eigenvalue weighted by molar-refractivity contribution is 7.17. The second kappa shape index (κ2) is 8.04. The lowest BCUT2D eigenvalue weighted by Gasteiger charge is -2.19. The third kappa shape index (κ3) is 4.02. The number of thiophene rings is 1. The first-order valence-corrected chi connectivity index (χ1v) is 9.93. The molecule has 0 aliphatic heterocycles. The Morgan fingerprint density at radius 3 is 2.36 bits per heavy atom. The maximum Gasteiger partial charge on any atom is 0.251 e. The zero-order chi connectivity index (χ0) is 19.5. The van der Waals surface area contributed by atoms with Crippen LogP contribution in [0.2, 0.25) is 0 Å². The van der Waals surface area contributed by atoms with E-state index in [2.05, 4.69) is 5.32 Å². The molecule has 0 saturated carbocycles. The van der Waals surface area contributed by atoms with E-state index in [0.29, 0.717) is 23.7 Å². The fourth-order valence-corrected chi connectivity index (χ4v) is 4.85. The minimum atomic E-state index is -0.488. The summed E-state index contributed by atoms with van der Waals surface area (Å²) in [6, 6.07) is 7.35. The first kappa shape index (κ1) is 18.5. The van der Waals surface area contributed by atoms with E-state index in [9.17, 15) is 9.59 Å². The average Bonchev–Trinajstić information content (AvgIpc) is 3.39. The van der Waals surface area contributed by atoms with E-state index < -0.39 is 5.91 Å². The van der Waals surface area contributed by atoms with Crippen LogP contribution in [0.15, 0.2) is 45.6 Å². The van der Waals surface area contributed by atoms with Crippen LogP contribution in [0.5, 0.6) is 0 Å². The second-order valence-electron chi connectivity index (χ2n) is 6.78. The van der Waals surface area contributed by atoms with Gasteiger partial charge in [-0.15, -0.1) is 11.3 Å². The van der Waals surface area contributed by atoms with Gasteiger partial charge < -0.3 is 19.9 Å². The van der Waals surface area contributed by atoms with Crippen LogP contribution in [0.4, 0.5) is 5.00 Å². The predicted molar refractivity (Wildman–Crippen MR) is 105 cm³/mol. The molecule has 3 aromatic rings. The van der Waals surface area contributed by atoms with Crippen molar-refractivity contribution in [2.24, 2.45) is 5.73 Å². The molecule has 1 aliphatic carbocycles. The molecule has 0 aromatic carbocycles. The molecule has 7 nitrogen and oxygen atoms in total. The predicted octanol–water partition coefficient (Wildman–Crippen LogP) is 3.16. The summed E-state index contributed by atoms with van der Waals surface area (Å²) in [6.45, 7) is 1.05. The number of primary amides is 1. The van der Waals surface area contributed by atoms with Gasteiger partial charge in [-0.05, 0) is 49.1 Å². The highest BCUT2D eigenvalue weighted by Crippen LogP contribution is 2.38. The topological polar surface area (TPSA) is 102 Å². The van der Waals surface area contributed by atoms with Crippen molar-refractivity contribution in [1.82, 2.24) is 4.90 Å². The molecular formula is C20H21N3O4S. The molecule has 2 amide bonds. The fourth-order valence-electron chi connectivity index (χ4n) is 3.54. The summed E-state index contributed by atoms with van der Waals surface area (Å²) in [4.78, 5) is 27.7. The lowest BCUT2D eigenvalue weighted by Crippen LogP contribution is -2.32. The maximum atomic E-state index is 12.7. The first-order chi connectivity index (χ1) is 13.6. The molecule has 28 heavy (non-hydrogen) atoms. The second-order valence-corrected chi connectivity index (χ2v) is 7.88. The van der Waals surface area contributed by atoms with Gasteiger partial charge in [0.2, 0.25) is 5.91 Å². The van der Waals surface area contributed by atoms with Gasteiger partial charge in [0.1, 0.15) is 16.5 Å². The molecule has 1 aliphatic rings. The van der Waals surface area contributed by atoms with Gasteiger partial charge in [-0.25, -0.2) is 0 Å². The fraction of sp³-hybridized carbons (Fsp3) is 0.300. The Bertz CT molecular complexity index is 924. The molecule has 8 heteroatoms. The molecule has 0 unspecified atom stereocenters. The summed E-state index contributed by atoms with van der Waals surface area (Å²) in [5.41, 5.74) is 7.03. The molecule has 3 N–H and O–H groups in total. The van der Waals surface area contributed by atoms with Gasteiger partial charge in [-0.3, -0.25) is 14.5 Å².